The Labute approximate surface area is 174 Å². The van der Waals surface area contributed by atoms with Crippen molar-refractivity contribution in [3.05, 3.63) is 60.2 Å². The highest BCUT2D eigenvalue weighted by Gasteiger charge is 2.50. The van der Waals surface area contributed by atoms with Gasteiger partial charge >= 0.3 is 0 Å². The number of hydrogen-bond acceptors (Lipinski definition) is 7. The molecule has 2 fully saturated rings. The van der Waals surface area contributed by atoms with Gasteiger partial charge in [0, 0.05) is 12.5 Å². The third kappa shape index (κ3) is 4.41. The number of nitrogens with one attached hydrogen (secondary N) is 1. The first-order chi connectivity index (χ1) is 14.5. The molecule has 2 N–H and O–H groups in total. The molecule has 0 unspecified atom stereocenters. The molecule has 2 aromatic rings. The summed E-state index contributed by atoms with van der Waals surface area (Å²) in [7, 11) is 1.58. The van der Waals surface area contributed by atoms with E-state index < -0.39 is 36.9 Å². The largest absolute Gasteiger partial charge is 0.497 e. The van der Waals surface area contributed by atoms with Crippen molar-refractivity contribution >= 4 is 5.91 Å². The Bertz CT molecular complexity index is 844. The number of carbonyl (C=O) groups excluding carboxylic acids is 1. The molecule has 0 bridgehead atoms. The fourth-order valence-electron chi connectivity index (χ4n) is 3.65. The van der Waals surface area contributed by atoms with Gasteiger partial charge in [0.25, 0.3) is 0 Å². The van der Waals surface area contributed by atoms with Crippen LogP contribution >= 0.6 is 0 Å². The standard InChI is InChI=1S/C22H25NO7/c1-13(24)23-18-19(25)20-17(12-27-21(30-20)14-6-4-3-5-7-14)29-22(18)28-16-10-8-15(26-2)9-11-16/h3-11,17-22,25H,12H2,1-2H3,(H,23,24)/t17-,18+,19-,20+,21+,22+/m1/s1. The molecule has 2 saturated heterocycles. The number of aliphatic hydroxyl groups is 1. The molecule has 0 aliphatic carbocycles. The monoisotopic (exact) mass is 415 g/mol. The van der Waals surface area contributed by atoms with E-state index in [2.05, 4.69) is 5.32 Å². The topological polar surface area (TPSA) is 95.5 Å². The van der Waals surface area contributed by atoms with Crippen LogP contribution in [0.15, 0.2) is 54.6 Å². The number of fused-ring (bicyclic) bond motifs is 1. The van der Waals surface area contributed by atoms with Gasteiger partial charge in [0.1, 0.15) is 35.9 Å². The average molecular weight is 415 g/mol. The third-order valence-corrected chi connectivity index (χ3v) is 5.12. The normalized spacial score (nSPS) is 30.8. The second kappa shape index (κ2) is 9.01. The van der Waals surface area contributed by atoms with Gasteiger partial charge in [0.15, 0.2) is 6.29 Å². The van der Waals surface area contributed by atoms with Gasteiger partial charge in [-0.25, -0.2) is 0 Å². The highest BCUT2D eigenvalue weighted by atomic mass is 16.7. The van der Waals surface area contributed by atoms with Crippen LogP contribution in [0.25, 0.3) is 0 Å². The number of hydrogen-bond donors (Lipinski definition) is 2. The van der Waals surface area contributed by atoms with Crippen molar-refractivity contribution in [3.8, 4) is 11.5 Å². The molecule has 2 aliphatic heterocycles. The zero-order chi connectivity index (χ0) is 21.1. The Morgan fingerprint density at radius 3 is 2.43 bits per heavy atom. The van der Waals surface area contributed by atoms with Crippen LogP contribution in [0.3, 0.4) is 0 Å². The lowest BCUT2D eigenvalue weighted by atomic mass is 9.95. The van der Waals surface area contributed by atoms with E-state index in [1.54, 1.807) is 31.4 Å². The van der Waals surface area contributed by atoms with Gasteiger partial charge < -0.3 is 34.1 Å². The fourth-order valence-corrected chi connectivity index (χ4v) is 3.65. The van der Waals surface area contributed by atoms with E-state index in [0.29, 0.717) is 11.5 Å². The maximum absolute atomic E-state index is 11.8. The van der Waals surface area contributed by atoms with Crippen LogP contribution in [0.2, 0.25) is 0 Å². The molecule has 0 aromatic heterocycles. The summed E-state index contributed by atoms with van der Waals surface area (Å²) >= 11 is 0. The van der Waals surface area contributed by atoms with Gasteiger partial charge in [-0.05, 0) is 24.3 Å². The molecule has 4 rings (SSSR count). The molecule has 2 heterocycles. The van der Waals surface area contributed by atoms with E-state index in [0.717, 1.165) is 5.56 Å². The Hall–Kier alpha value is -2.65. The minimum absolute atomic E-state index is 0.219. The van der Waals surface area contributed by atoms with Crippen molar-refractivity contribution in [1.82, 2.24) is 5.32 Å². The first-order valence-electron chi connectivity index (χ1n) is 9.78. The number of carbonyl (C=O) groups is 1. The predicted molar refractivity (Wildman–Crippen MR) is 106 cm³/mol. The lowest BCUT2D eigenvalue weighted by Gasteiger charge is -2.47. The van der Waals surface area contributed by atoms with E-state index >= 15 is 0 Å². The third-order valence-electron chi connectivity index (χ3n) is 5.12. The maximum atomic E-state index is 11.8. The minimum atomic E-state index is -1.05. The summed E-state index contributed by atoms with van der Waals surface area (Å²) in [6.45, 7) is 1.59. The summed E-state index contributed by atoms with van der Waals surface area (Å²) in [6.07, 6.45) is -3.82. The number of ether oxygens (including phenoxy) is 5. The first kappa shape index (κ1) is 20.6. The zero-order valence-corrected chi connectivity index (χ0v) is 16.8. The van der Waals surface area contributed by atoms with Crippen molar-refractivity contribution in [3.63, 3.8) is 0 Å². The number of aliphatic hydroxyl groups excluding tert-OH is 1. The summed E-state index contributed by atoms with van der Waals surface area (Å²) in [5.74, 6) is 0.893. The quantitative estimate of drug-likeness (QED) is 0.769. The van der Waals surface area contributed by atoms with E-state index in [-0.39, 0.29) is 12.5 Å². The molecule has 8 nitrogen and oxygen atoms in total. The number of methoxy groups -OCH3 is 1. The van der Waals surface area contributed by atoms with Gasteiger partial charge in [-0.1, -0.05) is 30.3 Å². The summed E-state index contributed by atoms with van der Waals surface area (Å²) < 4.78 is 28.9. The van der Waals surface area contributed by atoms with Gasteiger partial charge in [-0.2, -0.15) is 0 Å². The van der Waals surface area contributed by atoms with E-state index in [4.69, 9.17) is 23.7 Å². The molecule has 6 atom stereocenters. The van der Waals surface area contributed by atoms with Crippen LogP contribution < -0.4 is 14.8 Å². The number of benzene rings is 2. The molecule has 1 amide bonds. The maximum Gasteiger partial charge on any atom is 0.223 e. The van der Waals surface area contributed by atoms with Gasteiger partial charge in [0.05, 0.1) is 13.7 Å². The highest BCUT2D eigenvalue weighted by molar-refractivity contribution is 5.73. The Morgan fingerprint density at radius 1 is 1.07 bits per heavy atom. The smallest absolute Gasteiger partial charge is 0.223 e. The van der Waals surface area contributed by atoms with E-state index in [1.165, 1.54) is 6.92 Å². The lowest BCUT2D eigenvalue weighted by molar-refractivity contribution is -0.333. The summed E-state index contributed by atoms with van der Waals surface area (Å²) in [4.78, 5) is 11.8. The van der Waals surface area contributed by atoms with Crippen LogP contribution in [0.1, 0.15) is 18.8 Å². The number of amides is 1. The molecule has 0 saturated carbocycles. The second-order valence-electron chi connectivity index (χ2n) is 7.23. The molecular formula is C22H25NO7. The van der Waals surface area contributed by atoms with E-state index in [9.17, 15) is 9.90 Å². The fraction of sp³-hybridized carbons (Fsp3) is 0.409. The van der Waals surface area contributed by atoms with Crippen LogP contribution in [0.5, 0.6) is 11.5 Å². The van der Waals surface area contributed by atoms with Gasteiger partial charge in [-0.3, -0.25) is 4.79 Å². The Kier molecular flexibility index (Phi) is 6.19. The van der Waals surface area contributed by atoms with Crippen molar-refractivity contribution in [2.45, 2.75) is 43.9 Å². The Morgan fingerprint density at radius 2 is 1.77 bits per heavy atom. The summed E-state index contributed by atoms with van der Waals surface area (Å²) in [5.41, 5.74) is 0.843. The van der Waals surface area contributed by atoms with Crippen LogP contribution in [0, 0.1) is 0 Å². The van der Waals surface area contributed by atoms with Crippen molar-refractivity contribution in [2.24, 2.45) is 0 Å². The summed E-state index contributed by atoms with van der Waals surface area (Å²) in [5, 5.41) is 13.8. The Balaban J connectivity index is 1.51. The van der Waals surface area contributed by atoms with Gasteiger partial charge in [0.2, 0.25) is 12.2 Å². The van der Waals surface area contributed by atoms with Crippen molar-refractivity contribution in [1.29, 1.82) is 0 Å². The first-order valence-corrected chi connectivity index (χ1v) is 9.78. The zero-order valence-electron chi connectivity index (χ0n) is 16.8. The highest BCUT2D eigenvalue weighted by Crippen LogP contribution is 2.35. The second-order valence-corrected chi connectivity index (χ2v) is 7.23. The van der Waals surface area contributed by atoms with Crippen LogP contribution in [-0.2, 0) is 19.0 Å². The van der Waals surface area contributed by atoms with Crippen molar-refractivity contribution < 1.29 is 33.6 Å². The number of rotatable bonds is 5. The molecular weight excluding hydrogens is 390 g/mol. The molecule has 0 spiro atoms. The summed E-state index contributed by atoms with van der Waals surface area (Å²) in [6, 6.07) is 15.6. The minimum Gasteiger partial charge on any atom is -0.497 e. The van der Waals surface area contributed by atoms with Crippen LogP contribution in [0.4, 0.5) is 0 Å². The molecule has 0 radical (unpaired) electrons. The van der Waals surface area contributed by atoms with Crippen molar-refractivity contribution in [2.75, 3.05) is 13.7 Å². The molecule has 8 heteroatoms. The predicted octanol–water partition coefficient (Wildman–Crippen LogP) is 1.78. The average Bonchev–Trinajstić information content (AvgIpc) is 2.77. The van der Waals surface area contributed by atoms with E-state index in [1.807, 2.05) is 30.3 Å². The lowest BCUT2D eigenvalue weighted by Crippen LogP contribution is -2.67. The molecule has 2 aromatic carbocycles. The molecule has 160 valence electrons. The van der Waals surface area contributed by atoms with Gasteiger partial charge in [-0.15, -0.1) is 0 Å². The SMILES string of the molecule is COc1ccc(O[C@H]2O[C@@H]3CO[C@H](c4ccccc4)O[C@@H]3[C@H](O)[C@@H]2NC(C)=O)cc1. The van der Waals surface area contributed by atoms with Crippen LogP contribution in [-0.4, -0.2) is 55.4 Å². The molecule has 30 heavy (non-hydrogen) atoms. The molecule has 2 aliphatic rings.